The van der Waals surface area contributed by atoms with Crippen molar-refractivity contribution in [2.45, 2.75) is 290 Å². The fraction of sp³-hybridized carbons (Fsp3) is 0.758. The number of hydrogen-bond donors (Lipinski definition) is 0. The standard InChI is InChI=1S/C62H108O6/c1-4-7-10-13-16-19-22-25-28-30-31-33-34-37-40-43-46-49-52-55-61(64)67-58-59(57-66-60(63)54-51-48-45-42-39-36-27-24-21-18-15-12-9-6-3)68-62(65)56-53-50-47-44-41-38-35-32-29-26-23-20-17-14-11-8-5-2/h8,11,16-17,19-20,25-26,28-29,35,38,59H,4-7,9-10,12-15,18,21-24,27,30-34,36-37,39-58H2,1-3H3/b11-8-,19-16-,20-17-,28-25-,29-26-,38-35-. The van der Waals surface area contributed by atoms with E-state index in [0.29, 0.717) is 19.3 Å². The van der Waals surface area contributed by atoms with Gasteiger partial charge in [-0.1, -0.05) is 248 Å². The van der Waals surface area contributed by atoms with Crippen LogP contribution in [0.2, 0.25) is 0 Å². The lowest BCUT2D eigenvalue weighted by Gasteiger charge is -2.18. The summed E-state index contributed by atoms with van der Waals surface area (Å²) < 4.78 is 16.9. The van der Waals surface area contributed by atoms with Gasteiger partial charge < -0.3 is 14.2 Å². The van der Waals surface area contributed by atoms with E-state index in [9.17, 15) is 14.4 Å². The lowest BCUT2D eigenvalue weighted by atomic mass is 10.0. The Morgan fingerprint density at radius 1 is 0.309 bits per heavy atom. The second-order valence-electron chi connectivity index (χ2n) is 19.2. The third kappa shape index (κ3) is 53.8. The Morgan fingerprint density at radius 3 is 0.926 bits per heavy atom. The van der Waals surface area contributed by atoms with Gasteiger partial charge in [0.25, 0.3) is 0 Å². The number of rotatable bonds is 52. The molecule has 0 N–H and O–H groups in total. The number of unbranched alkanes of at least 4 members (excludes halogenated alkanes) is 29. The molecule has 0 radical (unpaired) electrons. The molecule has 392 valence electrons. The molecule has 0 aromatic carbocycles. The predicted octanol–water partition coefficient (Wildman–Crippen LogP) is 19.4. The first-order chi connectivity index (χ1) is 33.5. The highest BCUT2D eigenvalue weighted by molar-refractivity contribution is 5.71. The summed E-state index contributed by atoms with van der Waals surface area (Å²) in [6.45, 7) is 6.50. The van der Waals surface area contributed by atoms with Gasteiger partial charge in [0.15, 0.2) is 6.10 Å². The van der Waals surface area contributed by atoms with Crippen molar-refractivity contribution in [2.75, 3.05) is 13.2 Å². The van der Waals surface area contributed by atoms with Crippen molar-refractivity contribution in [3.8, 4) is 0 Å². The maximum Gasteiger partial charge on any atom is 0.306 e. The lowest BCUT2D eigenvalue weighted by molar-refractivity contribution is -0.167. The van der Waals surface area contributed by atoms with Crippen LogP contribution in [0.25, 0.3) is 0 Å². The second kappa shape index (κ2) is 56.4. The fourth-order valence-electron chi connectivity index (χ4n) is 8.11. The number of ether oxygens (including phenoxy) is 3. The van der Waals surface area contributed by atoms with Gasteiger partial charge in [0, 0.05) is 19.3 Å². The van der Waals surface area contributed by atoms with Crippen LogP contribution in [0.15, 0.2) is 72.9 Å². The largest absolute Gasteiger partial charge is 0.462 e. The van der Waals surface area contributed by atoms with E-state index in [1.54, 1.807) is 0 Å². The molecule has 68 heavy (non-hydrogen) atoms. The average Bonchev–Trinajstić information content (AvgIpc) is 3.34. The van der Waals surface area contributed by atoms with E-state index in [1.807, 2.05) is 0 Å². The molecule has 0 aromatic rings. The summed E-state index contributed by atoms with van der Waals surface area (Å²) in [5.41, 5.74) is 0. The fourth-order valence-corrected chi connectivity index (χ4v) is 8.11. The third-order valence-corrected chi connectivity index (χ3v) is 12.4. The van der Waals surface area contributed by atoms with Crippen LogP contribution in [0, 0.1) is 0 Å². The van der Waals surface area contributed by atoms with E-state index >= 15 is 0 Å². The zero-order valence-corrected chi connectivity index (χ0v) is 44.9. The summed E-state index contributed by atoms with van der Waals surface area (Å²) in [5, 5.41) is 0. The molecule has 0 heterocycles. The van der Waals surface area contributed by atoms with E-state index in [0.717, 1.165) is 103 Å². The zero-order chi connectivity index (χ0) is 49.3. The van der Waals surface area contributed by atoms with Gasteiger partial charge in [-0.25, -0.2) is 0 Å². The van der Waals surface area contributed by atoms with Crippen LogP contribution in [-0.4, -0.2) is 37.2 Å². The van der Waals surface area contributed by atoms with Gasteiger partial charge in [-0.05, 0) is 89.9 Å². The van der Waals surface area contributed by atoms with Crippen LogP contribution >= 0.6 is 0 Å². The van der Waals surface area contributed by atoms with Crippen molar-refractivity contribution in [2.24, 2.45) is 0 Å². The van der Waals surface area contributed by atoms with E-state index in [-0.39, 0.29) is 31.1 Å². The minimum Gasteiger partial charge on any atom is -0.462 e. The molecule has 0 saturated heterocycles. The molecule has 0 bridgehead atoms. The van der Waals surface area contributed by atoms with Gasteiger partial charge in [0.2, 0.25) is 0 Å². The quantitative estimate of drug-likeness (QED) is 0.0262. The first kappa shape index (κ1) is 64.8. The molecule has 0 aromatic heterocycles. The molecule has 0 saturated carbocycles. The highest BCUT2D eigenvalue weighted by Crippen LogP contribution is 2.16. The van der Waals surface area contributed by atoms with Crippen LogP contribution in [0.4, 0.5) is 0 Å². The summed E-state index contributed by atoms with van der Waals surface area (Å²) in [6, 6.07) is 0. The van der Waals surface area contributed by atoms with Crippen molar-refractivity contribution in [3.63, 3.8) is 0 Å². The molecule has 0 aliphatic heterocycles. The highest BCUT2D eigenvalue weighted by atomic mass is 16.6. The van der Waals surface area contributed by atoms with Crippen LogP contribution in [0.1, 0.15) is 284 Å². The molecule has 0 aliphatic rings. The third-order valence-electron chi connectivity index (χ3n) is 12.4. The van der Waals surface area contributed by atoms with Crippen molar-refractivity contribution in [1.29, 1.82) is 0 Å². The predicted molar refractivity (Wildman–Crippen MR) is 293 cm³/mol. The Kier molecular flexibility index (Phi) is 53.8. The molecule has 1 atom stereocenters. The molecule has 0 aliphatic carbocycles. The molecule has 0 fully saturated rings. The monoisotopic (exact) mass is 949 g/mol. The summed E-state index contributed by atoms with van der Waals surface area (Å²) in [7, 11) is 0. The van der Waals surface area contributed by atoms with Gasteiger partial charge in [0.1, 0.15) is 13.2 Å². The maximum absolute atomic E-state index is 12.9. The molecule has 6 heteroatoms. The van der Waals surface area contributed by atoms with Crippen molar-refractivity contribution < 1.29 is 28.6 Å². The minimum absolute atomic E-state index is 0.0844. The number of allylic oxidation sites excluding steroid dienone is 12. The minimum atomic E-state index is -0.789. The Morgan fingerprint density at radius 2 is 0.574 bits per heavy atom. The number of carbonyl (C=O) groups is 3. The summed E-state index contributed by atoms with van der Waals surface area (Å²) in [6.07, 6.45) is 71.7. The van der Waals surface area contributed by atoms with Crippen LogP contribution < -0.4 is 0 Å². The summed E-state index contributed by atoms with van der Waals surface area (Å²) in [5.74, 6) is -0.903. The first-order valence-corrected chi connectivity index (χ1v) is 28.9. The smallest absolute Gasteiger partial charge is 0.306 e. The van der Waals surface area contributed by atoms with Crippen LogP contribution in [0.3, 0.4) is 0 Å². The Hall–Kier alpha value is -3.15. The zero-order valence-electron chi connectivity index (χ0n) is 44.9. The summed E-state index contributed by atoms with van der Waals surface area (Å²) >= 11 is 0. The highest BCUT2D eigenvalue weighted by Gasteiger charge is 2.19. The van der Waals surface area contributed by atoms with Crippen LogP contribution in [-0.2, 0) is 28.6 Å². The van der Waals surface area contributed by atoms with E-state index in [4.69, 9.17) is 14.2 Å². The molecule has 1 unspecified atom stereocenters. The van der Waals surface area contributed by atoms with Gasteiger partial charge in [-0.3, -0.25) is 14.4 Å². The summed E-state index contributed by atoms with van der Waals surface area (Å²) in [4.78, 5) is 38.2. The van der Waals surface area contributed by atoms with Gasteiger partial charge in [-0.2, -0.15) is 0 Å². The number of carbonyl (C=O) groups excluding carboxylic acids is 3. The van der Waals surface area contributed by atoms with Crippen molar-refractivity contribution in [3.05, 3.63) is 72.9 Å². The van der Waals surface area contributed by atoms with Gasteiger partial charge in [0.05, 0.1) is 0 Å². The number of esters is 3. The van der Waals surface area contributed by atoms with E-state index < -0.39 is 6.10 Å². The molecule has 6 nitrogen and oxygen atoms in total. The maximum atomic E-state index is 12.9. The van der Waals surface area contributed by atoms with Crippen molar-refractivity contribution >= 4 is 17.9 Å². The van der Waals surface area contributed by atoms with Crippen molar-refractivity contribution in [1.82, 2.24) is 0 Å². The van der Waals surface area contributed by atoms with Crippen LogP contribution in [0.5, 0.6) is 0 Å². The van der Waals surface area contributed by atoms with Gasteiger partial charge >= 0.3 is 17.9 Å². The second-order valence-corrected chi connectivity index (χ2v) is 19.2. The number of hydrogen-bond acceptors (Lipinski definition) is 6. The molecular formula is C62H108O6. The lowest BCUT2D eigenvalue weighted by Crippen LogP contribution is -2.30. The Balaban J connectivity index is 4.40. The normalized spacial score (nSPS) is 12.6. The first-order valence-electron chi connectivity index (χ1n) is 28.9. The topological polar surface area (TPSA) is 78.9 Å². The molecular weight excluding hydrogens is 841 g/mol. The Bertz CT molecular complexity index is 1270. The Labute approximate surface area is 421 Å². The van der Waals surface area contributed by atoms with E-state index in [2.05, 4.69) is 93.7 Å². The molecule has 0 amide bonds. The van der Waals surface area contributed by atoms with E-state index in [1.165, 1.54) is 141 Å². The molecule has 0 rings (SSSR count). The molecule has 0 spiro atoms. The van der Waals surface area contributed by atoms with Gasteiger partial charge in [-0.15, -0.1) is 0 Å². The SMILES string of the molecule is CC/C=C\C/C=C\C/C=C\C/C=C\CCCCCCC(=O)OC(COC(=O)CCCCCCCCCCC/C=C\C/C=C\CCCCC)COC(=O)CCCCCCCCCCCCCCCC. The average molecular weight is 950 g/mol.